The molecule has 0 radical (unpaired) electrons. The second-order valence-corrected chi connectivity index (χ2v) is 9.27. The third-order valence-electron chi connectivity index (χ3n) is 9.23. The minimum absolute atomic E-state index is 0.209. The van der Waals surface area contributed by atoms with Crippen LogP contribution in [0.2, 0.25) is 0 Å². The van der Waals surface area contributed by atoms with E-state index in [2.05, 4.69) is 25.1 Å². The zero-order valence-corrected chi connectivity index (χ0v) is 14.1. The quantitative estimate of drug-likeness (QED) is 0.852. The summed E-state index contributed by atoms with van der Waals surface area (Å²) in [6, 6.07) is 6.76. The van der Waals surface area contributed by atoms with Gasteiger partial charge < -0.3 is 9.84 Å². The minimum atomic E-state index is -0.326. The van der Waals surface area contributed by atoms with E-state index in [0.29, 0.717) is 5.41 Å². The summed E-state index contributed by atoms with van der Waals surface area (Å²) in [5, 5.41) is 11.2. The highest BCUT2D eigenvalue weighted by Crippen LogP contribution is 2.93. The Hall–Kier alpha value is -1.02. The maximum Gasteiger partial charge on any atom is 0.119 e. The molecule has 6 aliphatic carbocycles. The third-order valence-corrected chi connectivity index (χ3v) is 9.23. The topological polar surface area (TPSA) is 29.5 Å². The first-order chi connectivity index (χ1) is 11.0. The van der Waals surface area contributed by atoms with Crippen LogP contribution in [-0.2, 0) is 6.42 Å². The van der Waals surface area contributed by atoms with Crippen molar-refractivity contribution in [2.45, 2.75) is 57.0 Å². The Morgan fingerprint density at radius 2 is 1.91 bits per heavy atom. The van der Waals surface area contributed by atoms with E-state index in [1.807, 2.05) is 0 Å². The van der Waals surface area contributed by atoms with Gasteiger partial charge in [-0.15, -0.1) is 0 Å². The Labute approximate surface area is 138 Å². The molecule has 2 heteroatoms. The van der Waals surface area contributed by atoms with Crippen LogP contribution in [0.25, 0.3) is 0 Å². The van der Waals surface area contributed by atoms with E-state index in [0.717, 1.165) is 42.3 Å². The summed E-state index contributed by atoms with van der Waals surface area (Å²) >= 11 is 0. The molecule has 0 aromatic heterocycles. The van der Waals surface area contributed by atoms with E-state index >= 15 is 0 Å². The van der Waals surface area contributed by atoms with Gasteiger partial charge in [-0.2, -0.15) is 0 Å². The van der Waals surface area contributed by atoms with Gasteiger partial charge in [-0.1, -0.05) is 13.0 Å². The van der Waals surface area contributed by atoms with Crippen LogP contribution in [0.5, 0.6) is 5.75 Å². The summed E-state index contributed by atoms with van der Waals surface area (Å²) < 4.78 is 5.43. The van der Waals surface area contributed by atoms with Gasteiger partial charge in [0.1, 0.15) is 5.75 Å². The molecule has 1 aromatic rings. The van der Waals surface area contributed by atoms with Crippen LogP contribution in [0.3, 0.4) is 0 Å². The van der Waals surface area contributed by atoms with Crippen molar-refractivity contribution >= 4 is 0 Å². The zero-order valence-electron chi connectivity index (χ0n) is 14.1. The Balaban J connectivity index is 1.46. The normalized spacial score (nSPS) is 54.2. The Bertz CT molecular complexity index is 711. The van der Waals surface area contributed by atoms with Gasteiger partial charge in [0.15, 0.2) is 0 Å². The number of ether oxygens (including phenoxy) is 1. The predicted molar refractivity (Wildman–Crippen MR) is 88.5 cm³/mol. The van der Waals surface area contributed by atoms with E-state index in [1.165, 1.54) is 31.2 Å². The zero-order chi connectivity index (χ0) is 15.6. The summed E-state index contributed by atoms with van der Waals surface area (Å²) in [6.07, 6.45) is 7.22. The van der Waals surface area contributed by atoms with Gasteiger partial charge in [0, 0.05) is 5.41 Å². The van der Waals surface area contributed by atoms with Crippen molar-refractivity contribution in [1.82, 2.24) is 0 Å². The largest absolute Gasteiger partial charge is 0.497 e. The van der Waals surface area contributed by atoms with Crippen LogP contribution < -0.4 is 4.74 Å². The first kappa shape index (κ1) is 13.3. The number of methoxy groups -OCH3 is 1. The molecular formula is C21H26O2. The minimum Gasteiger partial charge on any atom is -0.497 e. The van der Waals surface area contributed by atoms with Gasteiger partial charge in [-0.25, -0.2) is 0 Å². The molecule has 0 amide bonds. The van der Waals surface area contributed by atoms with Crippen molar-refractivity contribution in [3.63, 3.8) is 0 Å². The molecule has 1 spiro atoms. The van der Waals surface area contributed by atoms with E-state index < -0.39 is 0 Å². The van der Waals surface area contributed by atoms with Crippen molar-refractivity contribution in [1.29, 1.82) is 0 Å². The van der Waals surface area contributed by atoms with Gasteiger partial charge in [0.2, 0.25) is 0 Å². The summed E-state index contributed by atoms with van der Waals surface area (Å²) in [5.74, 6) is 4.22. The number of hydrogen-bond donors (Lipinski definition) is 1. The SMILES string of the molecule is COc1ccc2c(c1)CC[C@H]1[C@@H]2CC[C@]2(C)C3(O)C[C@@H]4[C@H](C3)C412. The molecule has 2 unspecified atom stereocenters. The van der Waals surface area contributed by atoms with Crippen molar-refractivity contribution in [2.75, 3.05) is 7.11 Å². The van der Waals surface area contributed by atoms with E-state index in [9.17, 15) is 5.11 Å². The van der Waals surface area contributed by atoms with Crippen LogP contribution in [0.1, 0.15) is 56.1 Å². The average molecular weight is 310 g/mol. The number of fused-ring (bicyclic) bond motifs is 3. The monoisotopic (exact) mass is 310 g/mol. The molecule has 7 atom stereocenters. The summed E-state index contributed by atoms with van der Waals surface area (Å²) in [4.78, 5) is 0. The van der Waals surface area contributed by atoms with Crippen molar-refractivity contribution in [3.05, 3.63) is 29.3 Å². The van der Waals surface area contributed by atoms with Gasteiger partial charge in [-0.3, -0.25) is 0 Å². The second kappa shape index (κ2) is 3.64. The molecule has 23 heavy (non-hydrogen) atoms. The molecule has 5 saturated carbocycles. The molecule has 4 bridgehead atoms. The highest BCUT2D eigenvalue weighted by molar-refractivity contribution is 5.46. The Morgan fingerprint density at radius 1 is 1.13 bits per heavy atom. The fourth-order valence-corrected chi connectivity index (χ4v) is 8.47. The molecule has 7 rings (SSSR count). The van der Waals surface area contributed by atoms with Crippen LogP contribution in [0, 0.1) is 28.6 Å². The molecule has 0 saturated heterocycles. The number of benzene rings is 1. The van der Waals surface area contributed by atoms with Crippen molar-refractivity contribution in [3.8, 4) is 5.75 Å². The average Bonchev–Trinajstić information content (AvgIpc) is 2.82. The third kappa shape index (κ3) is 1.15. The maximum absolute atomic E-state index is 11.2. The first-order valence-electron chi connectivity index (χ1n) is 9.44. The lowest BCUT2D eigenvalue weighted by Gasteiger charge is -2.53. The lowest BCUT2D eigenvalue weighted by molar-refractivity contribution is -0.0929. The fraction of sp³-hybridized carbons (Fsp3) is 0.714. The van der Waals surface area contributed by atoms with Gasteiger partial charge in [-0.05, 0) is 90.9 Å². The van der Waals surface area contributed by atoms with E-state index in [1.54, 1.807) is 12.7 Å². The molecule has 5 fully saturated rings. The summed E-state index contributed by atoms with van der Waals surface area (Å²) in [5.41, 5.74) is 3.49. The van der Waals surface area contributed by atoms with Gasteiger partial charge in [0.25, 0.3) is 0 Å². The van der Waals surface area contributed by atoms with Crippen LogP contribution in [0.4, 0.5) is 0 Å². The molecule has 1 aromatic carbocycles. The van der Waals surface area contributed by atoms with Crippen molar-refractivity contribution < 1.29 is 9.84 Å². The number of hydrogen-bond acceptors (Lipinski definition) is 2. The van der Waals surface area contributed by atoms with Gasteiger partial charge in [0.05, 0.1) is 12.7 Å². The van der Waals surface area contributed by atoms with E-state index in [-0.39, 0.29) is 11.0 Å². The molecular weight excluding hydrogens is 284 g/mol. The second-order valence-electron chi connectivity index (χ2n) is 9.27. The van der Waals surface area contributed by atoms with Crippen LogP contribution in [-0.4, -0.2) is 17.8 Å². The van der Waals surface area contributed by atoms with Crippen LogP contribution >= 0.6 is 0 Å². The van der Waals surface area contributed by atoms with Crippen LogP contribution in [0.15, 0.2) is 18.2 Å². The van der Waals surface area contributed by atoms with Crippen molar-refractivity contribution in [2.24, 2.45) is 28.6 Å². The Morgan fingerprint density at radius 3 is 2.65 bits per heavy atom. The van der Waals surface area contributed by atoms with Gasteiger partial charge >= 0.3 is 0 Å². The molecule has 1 N–H and O–H groups in total. The number of rotatable bonds is 1. The first-order valence-corrected chi connectivity index (χ1v) is 9.44. The molecule has 122 valence electrons. The number of aliphatic hydroxyl groups is 1. The highest BCUT2D eigenvalue weighted by Gasteiger charge is 2.91. The highest BCUT2D eigenvalue weighted by atomic mass is 16.5. The van der Waals surface area contributed by atoms with E-state index in [4.69, 9.17) is 4.74 Å². The molecule has 2 nitrogen and oxygen atoms in total. The summed E-state index contributed by atoms with van der Waals surface area (Å²) in [6.45, 7) is 2.44. The summed E-state index contributed by atoms with van der Waals surface area (Å²) in [7, 11) is 1.76. The molecule has 0 aliphatic heterocycles. The lowest BCUT2D eigenvalue weighted by atomic mass is 9.52. The smallest absolute Gasteiger partial charge is 0.119 e. The molecule has 6 aliphatic rings. The molecule has 0 heterocycles. The Kier molecular flexibility index (Phi) is 2.10. The fourth-order valence-electron chi connectivity index (χ4n) is 8.47. The predicted octanol–water partition coefficient (Wildman–Crippen LogP) is 3.91. The number of aryl methyl sites for hydroxylation is 1. The lowest BCUT2D eigenvalue weighted by Crippen LogP contribution is -2.50. The standard InChI is InChI=1S/C21H26O2/c1-19-8-7-15-14-5-4-13(23-2)9-12(14)3-6-16(15)21(19)17-10-20(19,22)11-18(17)21/h4-5,9,15-18,22H,3,6-8,10-11H2,1-2H3/t15-,16+,17-,18+,19-,20?,21?/m1/s1. The maximum atomic E-state index is 11.2.